The Morgan fingerprint density at radius 2 is 2.00 bits per heavy atom. The van der Waals surface area contributed by atoms with Gasteiger partial charge in [-0.2, -0.15) is 0 Å². The average molecular weight is 209 g/mol. The zero-order valence-electron chi connectivity index (χ0n) is 8.41. The Kier molecular flexibility index (Phi) is 4.80. The lowest BCUT2D eigenvalue weighted by Gasteiger charge is -2.07. The van der Waals surface area contributed by atoms with Crippen LogP contribution in [-0.2, 0) is 0 Å². The highest BCUT2D eigenvalue weighted by Crippen LogP contribution is 2.08. The van der Waals surface area contributed by atoms with Crippen molar-refractivity contribution in [1.29, 1.82) is 0 Å². The molecule has 4 nitrogen and oxygen atoms in total. The first kappa shape index (κ1) is 11.7. The van der Waals surface area contributed by atoms with E-state index in [9.17, 15) is 10.3 Å². The number of hydrogen-bond acceptors (Lipinski definition) is 3. The van der Waals surface area contributed by atoms with Crippen LogP contribution in [0.15, 0.2) is 30.3 Å². The van der Waals surface area contributed by atoms with Crippen LogP contribution in [0.2, 0.25) is 0 Å². The fraction of sp³-hybridized carbons (Fsp3) is 0.364. The first-order valence-corrected chi connectivity index (χ1v) is 4.86. The van der Waals surface area contributed by atoms with E-state index in [0.29, 0.717) is 16.7 Å². The lowest BCUT2D eigenvalue weighted by Crippen LogP contribution is -2.13. The van der Waals surface area contributed by atoms with Crippen molar-refractivity contribution in [1.82, 2.24) is 0 Å². The molecule has 0 amide bonds. The van der Waals surface area contributed by atoms with Crippen LogP contribution < -0.4 is 0 Å². The van der Waals surface area contributed by atoms with E-state index in [1.165, 1.54) is 6.21 Å². The van der Waals surface area contributed by atoms with Gasteiger partial charge >= 0.3 is 0 Å². The number of aliphatic hydroxyl groups excluding tert-OH is 2. The van der Waals surface area contributed by atoms with Gasteiger partial charge in [-0.15, -0.1) is 0 Å². The molecule has 0 aliphatic carbocycles. The van der Waals surface area contributed by atoms with Crippen LogP contribution in [-0.4, -0.2) is 34.3 Å². The second kappa shape index (κ2) is 6.16. The molecule has 0 aliphatic rings. The number of aliphatic hydroxyl groups is 2. The van der Waals surface area contributed by atoms with Crippen molar-refractivity contribution >= 4 is 6.21 Å². The van der Waals surface area contributed by atoms with E-state index >= 15 is 0 Å². The molecule has 0 fully saturated rings. The van der Waals surface area contributed by atoms with Crippen molar-refractivity contribution in [2.24, 2.45) is 0 Å². The van der Waals surface area contributed by atoms with Gasteiger partial charge in [0.25, 0.3) is 0 Å². The quantitative estimate of drug-likeness (QED) is 0.324. The number of rotatable bonds is 5. The fourth-order valence-electron chi connectivity index (χ4n) is 1.19. The predicted molar refractivity (Wildman–Crippen MR) is 57.7 cm³/mol. The highest BCUT2D eigenvalue weighted by molar-refractivity contribution is 5.60. The summed E-state index contributed by atoms with van der Waals surface area (Å²) < 4.78 is 0.647. The maximum absolute atomic E-state index is 11.2. The molecule has 4 heteroatoms. The molecule has 1 atom stereocenters. The van der Waals surface area contributed by atoms with Crippen molar-refractivity contribution in [2.45, 2.75) is 12.5 Å². The highest BCUT2D eigenvalue weighted by Gasteiger charge is 2.07. The molecule has 0 aliphatic heterocycles. The summed E-state index contributed by atoms with van der Waals surface area (Å²) in [6.45, 7) is 0.175. The summed E-state index contributed by atoms with van der Waals surface area (Å²) in [6, 6.07) is 8.95. The van der Waals surface area contributed by atoms with E-state index in [0.717, 1.165) is 0 Å². The van der Waals surface area contributed by atoms with Gasteiger partial charge in [0, 0.05) is 13.0 Å². The van der Waals surface area contributed by atoms with Gasteiger partial charge in [0.05, 0.1) is 0 Å². The molecule has 1 aromatic rings. The monoisotopic (exact) mass is 209 g/mol. The predicted octanol–water partition coefficient (Wildman–Crippen LogP) is 0.683. The van der Waals surface area contributed by atoms with E-state index in [1.54, 1.807) is 24.3 Å². The van der Waals surface area contributed by atoms with Crippen LogP contribution in [0.3, 0.4) is 0 Å². The molecule has 0 aromatic heterocycles. The first-order valence-electron chi connectivity index (χ1n) is 4.86. The normalized spacial score (nSPS) is 13.9. The van der Waals surface area contributed by atoms with Crippen molar-refractivity contribution in [3.05, 3.63) is 41.1 Å². The fourth-order valence-corrected chi connectivity index (χ4v) is 1.19. The van der Waals surface area contributed by atoms with Gasteiger partial charge in [0.15, 0.2) is 18.9 Å². The molecule has 1 aromatic carbocycles. The van der Waals surface area contributed by atoms with Crippen molar-refractivity contribution in [3.63, 3.8) is 0 Å². The minimum Gasteiger partial charge on any atom is -0.624 e. The summed E-state index contributed by atoms with van der Waals surface area (Å²) in [7, 11) is 0. The van der Waals surface area contributed by atoms with E-state index < -0.39 is 6.10 Å². The molecule has 1 rings (SSSR count). The van der Waals surface area contributed by atoms with Crippen LogP contribution in [0.25, 0.3) is 0 Å². The van der Waals surface area contributed by atoms with Gasteiger partial charge in [-0.1, -0.05) is 30.3 Å². The molecular formula is C11H15NO3. The second-order valence-electron chi connectivity index (χ2n) is 3.22. The van der Waals surface area contributed by atoms with Gasteiger partial charge in [0.2, 0.25) is 0 Å². The zero-order chi connectivity index (χ0) is 11.1. The summed E-state index contributed by atoms with van der Waals surface area (Å²) in [5.41, 5.74) is 0.683. The van der Waals surface area contributed by atoms with Crippen LogP contribution in [0.4, 0.5) is 0 Å². The molecule has 15 heavy (non-hydrogen) atoms. The first-order chi connectivity index (χ1) is 7.24. The van der Waals surface area contributed by atoms with Crippen LogP contribution >= 0.6 is 0 Å². The third kappa shape index (κ3) is 4.10. The molecule has 0 spiro atoms. The third-order valence-electron chi connectivity index (χ3n) is 1.99. The van der Waals surface area contributed by atoms with Gasteiger partial charge in [0.1, 0.15) is 0 Å². The van der Waals surface area contributed by atoms with Crippen LogP contribution in [0.5, 0.6) is 0 Å². The summed E-state index contributed by atoms with van der Waals surface area (Å²) in [4.78, 5) is 0. The summed E-state index contributed by atoms with van der Waals surface area (Å²) in [5, 5.41) is 29.3. The van der Waals surface area contributed by atoms with Crippen molar-refractivity contribution in [3.8, 4) is 0 Å². The maximum atomic E-state index is 11.2. The third-order valence-corrected chi connectivity index (χ3v) is 1.99. The smallest absolute Gasteiger partial charge is 0.184 e. The number of nitrogens with zero attached hydrogens (tertiary/aromatic N) is 1. The number of hydrogen-bond donors (Lipinski definition) is 2. The topological polar surface area (TPSA) is 66.5 Å². The minimum absolute atomic E-state index is 0.0198. The molecule has 0 bridgehead atoms. The Morgan fingerprint density at radius 3 is 2.60 bits per heavy atom. The van der Waals surface area contributed by atoms with Gasteiger partial charge in [-0.3, -0.25) is 0 Å². The molecule has 0 saturated heterocycles. The zero-order valence-corrected chi connectivity index (χ0v) is 8.41. The van der Waals surface area contributed by atoms with Gasteiger partial charge < -0.3 is 15.4 Å². The summed E-state index contributed by atoms with van der Waals surface area (Å²) in [5.74, 6) is 0. The lowest BCUT2D eigenvalue weighted by atomic mass is 10.1. The average Bonchev–Trinajstić information content (AvgIpc) is 2.27. The van der Waals surface area contributed by atoms with E-state index in [2.05, 4.69) is 0 Å². The largest absolute Gasteiger partial charge is 0.624 e. The standard InChI is InChI=1S/C11H15NO3/c13-8-4-7-12(15)9-11(14)10-5-2-1-3-6-10/h1-3,5-6,9,11,13-14H,4,7-8H2/b12-9-. The Balaban J connectivity index is 2.58. The van der Waals surface area contributed by atoms with E-state index in [1.807, 2.05) is 6.07 Å². The summed E-state index contributed by atoms with van der Waals surface area (Å²) >= 11 is 0. The highest BCUT2D eigenvalue weighted by atomic mass is 16.5. The SMILES string of the molecule is [O-]/[N+](=C\C(O)c1ccccc1)CCCO. The summed E-state index contributed by atoms with van der Waals surface area (Å²) in [6.07, 6.45) is 0.717. The van der Waals surface area contributed by atoms with Crippen molar-refractivity contribution < 1.29 is 15.0 Å². The molecule has 0 heterocycles. The molecule has 1 unspecified atom stereocenters. The molecule has 0 saturated carbocycles. The Hall–Kier alpha value is -1.39. The molecular weight excluding hydrogens is 194 g/mol. The Labute approximate surface area is 88.7 Å². The van der Waals surface area contributed by atoms with Gasteiger partial charge in [-0.05, 0) is 5.56 Å². The van der Waals surface area contributed by atoms with E-state index in [-0.39, 0.29) is 13.2 Å². The number of hydroxylamine groups is 1. The Bertz CT molecular complexity index is 311. The second-order valence-corrected chi connectivity index (χ2v) is 3.22. The van der Waals surface area contributed by atoms with Gasteiger partial charge in [-0.25, -0.2) is 4.74 Å². The Morgan fingerprint density at radius 1 is 1.33 bits per heavy atom. The molecule has 2 N–H and O–H groups in total. The number of benzene rings is 1. The maximum Gasteiger partial charge on any atom is 0.184 e. The van der Waals surface area contributed by atoms with Crippen LogP contribution in [0.1, 0.15) is 18.1 Å². The molecule has 0 radical (unpaired) electrons. The van der Waals surface area contributed by atoms with E-state index in [4.69, 9.17) is 5.11 Å². The van der Waals surface area contributed by atoms with Crippen LogP contribution in [0, 0.1) is 5.21 Å². The molecule has 82 valence electrons. The lowest BCUT2D eigenvalue weighted by molar-refractivity contribution is -0.456. The van der Waals surface area contributed by atoms with Crippen molar-refractivity contribution in [2.75, 3.05) is 13.2 Å². The minimum atomic E-state index is -0.887.